The van der Waals surface area contributed by atoms with Crippen molar-refractivity contribution in [2.45, 2.75) is 39.5 Å². The van der Waals surface area contributed by atoms with Gasteiger partial charge in [-0.25, -0.2) is 9.37 Å². The van der Waals surface area contributed by atoms with E-state index in [2.05, 4.69) is 27.2 Å². The van der Waals surface area contributed by atoms with E-state index in [4.69, 9.17) is 0 Å². The molecular formula is C21H24FN5O2S. The molecule has 1 saturated heterocycles. The molecular weight excluding hydrogens is 405 g/mol. The molecule has 0 atom stereocenters. The first-order chi connectivity index (χ1) is 14.4. The zero-order chi connectivity index (χ0) is 21.3. The van der Waals surface area contributed by atoms with Crippen molar-refractivity contribution in [3.05, 3.63) is 51.7 Å². The monoisotopic (exact) mass is 429 g/mol. The molecule has 1 aliphatic rings. The van der Waals surface area contributed by atoms with E-state index in [9.17, 15) is 14.0 Å². The van der Waals surface area contributed by atoms with Crippen LogP contribution < -0.4 is 15.8 Å². The number of carbonyl (C=O) groups is 1. The predicted molar refractivity (Wildman–Crippen MR) is 116 cm³/mol. The minimum Gasteiger partial charge on any atom is -0.347 e. The predicted octanol–water partition coefficient (Wildman–Crippen LogP) is 3.41. The molecule has 4 rings (SSSR count). The van der Waals surface area contributed by atoms with Crippen molar-refractivity contribution in [1.82, 2.24) is 14.6 Å². The molecule has 158 valence electrons. The van der Waals surface area contributed by atoms with Crippen molar-refractivity contribution in [2.75, 3.05) is 23.3 Å². The number of fused-ring (bicyclic) bond motifs is 1. The summed E-state index contributed by atoms with van der Waals surface area (Å²) in [7, 11) is 0. The van der Waals surface area contributed by atoms with E-state index in [0.29, 0.717) is 42.1 Å². The molecule has 0 saturated carbocycles. The molecule has 1 N–H and O–H groups in total. The molecule has 7 nitrogen and oxygen atoms in total. The zero-order valence-electron chi connectivity index (χ0n) is 17.0. The first-order valence-electron chi connectivity index (χ1n) is 10.2. The van der Waals surface area contributed by atoms with Gasteiger partial charge in [0.05, 0.1) is 0 Å². The average molecular weight is 430 g/mol. The second-order valence-corrected chi connectivity index (χ2v) is 8.56. The van der Waals surface area contributed by atoms with Gasteiger partial charge in [0.25, 0.3) is 5.56 Å². The Morgan fingerprint density at radius 3 is 2.77 bits per heavy atom. The lowest BCUT2D eigenvalue weighted by Crippen LogP contribution is -2.38. The molecule has 0 bridgehead atoms. The van der Waals surface area contributed by atoms with E-state index >= 15 is 0 Å². The van der Waals surface area contributed by atoms with Crippen LogP contribution in [0.2, 0.25) is 0 Å². The van der Waals surface area contributed by atoms with Gasteiger partial charge in [0, 0.05) is 36.5 Å². The number of nitrogens with zero attached hydrogens (tertiary/aromatic N) is 4. The van der Waals surface area contributed by atoms with Gasteiger partial charge in [0.15, 0.2) is 0 Å². The van der Waals surface area contributed by atoms with E-state index in [1.807, 2.05) is 0 Å². The first-order valence-corrected chi connectivity index (χ1v) is 11.0. The number of carbonyl (C=O) groups excluding carboxylic acids is 1. The Hall–Kier alpha value is -2.81. The van der Waals surface area contributed by atoms with Gasteiger partial charge < -0.3 is 10.2 Å². The Labute approximate surface area is 177 Å². The van der Waals surface area contributed by atoms with Crippen molar-refractivity contribution in [3.63, 3.8) is 0 Å². The van der Waals surface area contributed by atoms with Crippen LogP contribution in [0.5, 0.6) is 0 Å². The highest BCUT2D eigenvalue weighted by Crippen LogP contribution is 2.27. The van der Waals surface area contributed by atoms with Crippen LogP contribution in [0, 0.1) is 18.7 Å². The third-order valence-electron chi connectivity index (χ3n) is 5.37. The van der Waals surface area contributed by atoms with E-state index in [0.717, 1.165) is 23.7 Å². The summed E-state index contributed by atoms with van der Waals surface area (Å²) in [4.78, 5) is 32.1. The van der Waals surface area contributed by atoms with Gasteiger partial charge in [-0.05, 0) is 43.9 Å². The van der Waals surface area contributed by atoms with Crippen molar-refractivity contribution < 1.29 is 9.18 Å². The normalized spacial score (nSPS) is 15.0. The van der Waals surface area contributed by atoms with Gasteiger partial charge in [-0.3, -0.25) is 9.59 Å². The maximum Gasteiger partial charge on any atom is 0.275 e. The van der Waals surface area contributed by atoms with Crippen LogP contribution in [0.3, 0.4) is 0 Å². The van der Waals surface area contributed by atoms with Crippen molar-refractivity contribution in [3.8, 4) is 0 Å². The summed E-state index contributed by atoms with van der Waals surface area (Å²) < 4.78 is 15.1. The van der Waals surface area contributed by atoms with Crippen LogP contribution >= 0.6 is 11.3 Å². The van der Waals surface area contributed by atoms with Crippen LogP contribution in [0.1, 0.15) is 37.4 Å². The lowest BCUT2D eigenvalue weighted by Gasteiger charge is -2.30. The maximum absolute atomic E-state index is 13.7. The third kappa shape index (κ3) is 4.21. The molecule has 2 aromatic heterocycles. The minimum atomic E-state index is -0.329. The Kier molecular flexibility index (Phi) is 5.80. The topological polar surface area (TPSA) is 79.6 Å². The molecule has 3 heterocycles. The number of halogens is 1. The number of benzene rings is 1. The van der Waals surface area contributed by atoms with E-state index in [1.54, 1.807) is 25.1 Å². The fourth-order valence-corrected chi connectivity index (χ4v) is 4.58. The van der Waals surface area contributed by atoms with Crippen LogP contribution in [0.25, 0.3) is 4.96 Å². The molecule has 1 amide bonds. The van der Waals surface area contributed by atoms with Gasteiger partial charge in [0.1, 0.15) is 5.82 Å². The van der Waals surface area contributed by atoms with Crippen molar-refractivity contribution in [2.24, 2.45) is 5.92 Å². The van der Waals surface area contributed by atoms with Gasteiger partial charge in [-0.1, -0.05) is 30.7 Å². The number of hydrogen-bond donors (Lipinski definition) is 1. The Morgan fingerprint density at radius 1 is 1.30 bits per heavy atom. The van der Waals surface area contributed by atoms with Crippen LogP contribution in [0.15, 0.2) is 29.1 Å². The molecule has 1 aliphatic heterocycles. The Bertz CT molecular complexity index is 1130. The number of aromatic nitrogens is 3. The minimum absolute atomic E-state index is 0.0932. The molecule has 30 heavy (non-hydrogen) atoms. The molecule has 0 unspecified atom stereocenters. The second kappa shape index (κ2) is 8.51. The highest BCUT2D eigenvalue weighted by atomic mass is 32.1. The summed E-state index contributed by atoms with van der Waals surface area (Å²) in [5.74, 6) is -0.564. The fourth-order valence-electron chi connectivity index (χ4n) is 3.61. The number of piperidine rings is 1. The summed E-state index contributed by atoms with van der Waals surface area (Å²) in [6.07, 6.45) is 3.03. The first kappa shape index (κ1) is 20.5. The molecule has 1 fully saturated rings. The highest BCUT2D eigenvalue weighted by molar-refractivity contribution is 7.20. The number of amides is 1. The number of aryl methyl sites for hydroxylation is 2. The summed E-state index contributed by atoms with van der Waals surface area (Å²) in [6.45, 7) is 5.07. The lowest BCUT2D eigenvalue weighted by atomic mass is 9.96. The van der Waals surface area contributed by atoms with Crippen LogP contribution in [-0.2, 0) is 11.2 Å². The lowest BCUT2D eigenvalue weighted by molar-refractivity contribution is -0.120. The Balaban J connectivity index is 1.41. The molecule has 0 aliphatic carbocycles. The highest BCUT2D eigenvalue weighted by Gasteiger charge is 2.27. The summed E-state index contributed by atoms with van der Waals surface area (Å²) >= 11 is 1.40. The third-order valence-corrected chi connectivity index (χ3v) is 6.34. The number of anilines is 2. The van der Waals surface area contributed by atoms with E-state index in [-0.39, 0.29) is 23.2 Å². The van der Waals surface area contributed by atoms with Gasteiger partial charge >= 0.3 is 0 Å². The summed E-state index contributed by atoms with van der Waals surface area (Å²) in [6, 6.07) is 6.26. The fraction of sp³-hybridized carbons (Fsp3) is 0.429. The van der Waals surface area contributed by atoms with Gasteiger partial charge in [0.2, 0.25) is 16.0 Å². The standard InChI is InChI=1S/C21H24FN5O2S/c1-3-4-15-12-18(28)27-20(24-15)30-21(25-27)26-9-7-14(8-10-26)19(29)23-16-6-5-13(2)17(22)11-16/h5-6,11-12,14H,3-4,7-10H2,1-2H3,(H,23,29). The van der Waals surface area contributed by atoms with E-state index < -0.39 is 0 Å². The van der Waals surface area contributed by atoms with E-state index in [1.165, 1.54) is 21.9 Å². The summed E-state index contributed by atoms with van der Waals surface area (Å²) in [5.41, 5.74) is 1.66. The number of rotatable bonds is 5. The quantitative estimate of drug-likeness (QED) is 0.672. The van der Waals surface area contributed by atoms with Gasteiger partial charge in [-0.15, -0.1) is 5.10 Å². The zero-order valence-corrected chi connectivity index (χ0v) is 17.8. The number of hydrogen-bond acceptors (Lipinski definition) is 6. The maximum atomic E-state index is 13.7. The molecule has 0 radical (unpaired) electrons. The average Bonchev–Trinajstić information content (AvgIpc) is 3.16. The summed E-state index contributed by atoms with van der Waals surface area (Å²) in [5, 5.41) is 8.00. The second-order valence-electron chi connectivity index (χ2n) is 7.63. The largest absolute Gasteiger partial charge is 0.347 e. The number of nitrogens with one attached hydrogen (secondary N) is 1. The molecule has 3 aromatic rings. The molecule has 9 heteroatoms. The van der Waals surface area contributed by atoms with Crippen LogP contribution in [-0.4, -0.2) is 33.6 Å². The van der Waals surface area contributed by atoms with Crippen molar-refractivity contribution >= 4 is 33.0 Å². The SMILES string of the molecule is CCCc1cc(=O)n2nc(N3CCC(C(=O)Nc4ccc(C)c(F)c4)CC3)sc2n1. The molecule has 1 aromatic carbocycles. The van der Waals surface area contributed by atoms with Crippen molar-refractivity contribution in [1.29, 1.82) is 0 Å². The van der Waals surface area contributed by atoms with Gasteiger partial charge in [-0.2, -0.15) is 4.52 Å². The Morgan fingerprint density at radius 2 is 2.07 bits per heavy atom. The smallest absolute Gasteiger partial charge is 0.275 e. The molecule has 0 spiro atoms. The van der Waals surface area contributed by atoms with Crippen LogP contribution in [0.4, 0.5) is 15.2 Å².